The molecule has 0 unspecified atom stereocenters. The molecule has 1 aromatic heterocycles. The molecule has 96 valence electrons. The van der Waals surface area contributed by atoms with Crippen LogP contribution in [0.3, 0.4) is 0 Å². The number of amides is 2. The number of rotatable bonds is 4. The topological polar surface area (TPSA) is 62.3 Å². The molecule has 0 atom stereocenters. The van der Waals surface area contributed by atoms with Crippen molar-refractivity contribution in [3.63, 3.8) is 0 Å². The Balaban J connectivity index is 1.52. The van der Waals surface area contributed by atoms with E-state index in [1.54, 1.807) is 13.2 Å². The molecule has 18 heavy (non-hydrogen) atoms. The van der Waals surface area contributed by atoms with Crippen LogP contribution in [-0.2, 0) is 9.59 Å². The van der Waals surface area contributed by atoms with E-state index in [-0.39, 0.29) is 23.8 Å². The summed E-state index contributed by atoms with van der Waals surface area (Å²) in [5.41, 5.74) is -0.0627. The van der Waals surface area contributed by atoms with Gasteiger partial charge in [0.1, 0.15) is 0 Å². The van der Waals surface area contributed by atoms with Crippen molar-refractivity contribution in [2.45, 2.75) is 19.8 Å². The quantitative estimate of drug-likeness (QED) is 0.891. The maximum atomic E-state index is 12.0. The highest BCUT2D eigenvalue weighted by Gasteiger charge is 2.75. The van der Waals surface area contributed by atoms with Crippen LogP contribution in [0.5, 0.6) is 0 Å². The van der Waals surface area contributed by atoms with Crippen LogP contribution in [0, 0.1) is 18.3 Å². The average molecular weight is 265 g/mol. The largest absolute Gasteiger partial charge is 0.336 e. The Morgan fingerprint density at radius 3 is 2.78 bits per heavy atom. The van der Waals surface area contributed by atoms with E-state index in [4.69, 9.17) is 0 Å². The number of nitrogens with zero attached hydrogens (tertiary/aromatic N) is 2. The highest BCUT2D eigenvalue weighted by atomic mass is 32.1. The Morgan fingerprint density at radius 1 is 1.61 bits per heavy atom. The van der Waals surface area contributed by atoms with Crippen LogP contribution in [-0.4, -0.2) is 35.3 Å². The van der Waals surface area contributed by atoms with Crippen LogP contribution >= 0.6 is 11.3 Å². The van der Waals surface area contributed by atoms with Crippen LogP contribution in [0.2, 0.25) is 0 Å². The number of carbonyl (C=O) groups excluding carboxylic acids is 2. The van der Waals surface area contributed by atoms with Crippen molar-refractivity contribution in [3.8, 4) is 0 Å². The van der Waals surface area contributed by atoms with E-state index in [1.165, 1.54) is 16.2 Å². The van der Waals surface area contributed by atoms with Crippen molar-refractivity contribution in [1.29, 1.82) is 0 Å². The Morgan fingerprint density at radius 2 is 2.28 bits per heavy atom. The number of aromatic nitrogens is 1. The van der Waals surface area contributed by atoms with Crippen LogP contribution in [0.4, 0.5) is 5.13 Å². The predicted octanol–water partition coefficient (Wildman–Crippen LogP) is 1.26. The van der Waals surface area contributed by atoms with Crippen molar-refractivity contribution in [2.24, 2.45) is 11.3 Å². The van der Waals surface area contributed by atoms with Gasteiger partial charge in [-0.05, 0) is 25.7 Å². The predicted molar refractivity (Wildman–Crippen MR) is 68.3 cm³/mol. The van der Waals surface area contributed by atoms with E-state index in [0.717, 1.165) is 17.7 Å². The van der Waals surface area contributed by atoms with E-state index in [9.17, 15) is 9.59 Å². The Kier molecular flexibility index (Phi) is 2.45. The Labute approximate surface area is 109 Å². The number of nitrogens with one attached hydrogen (secondary N) is 1. The molecule has 0 radical (unpaired) electrons. The summed E-state index contributed by atoms with van der Waals surface area (Å²) in [6, 6.07) is 0. The molecule has 0 saturated heterocycles. The molecule has 0 bridgehead atoms. The van der Waals surface area contributed by atoms with E-state index >= 15 is 0 Å². The normalized spacial score (nSPS) is 27.3. The van der Waals surface area contributed by atoms with Gasteiger partial charge in [-0.3, -0.25) is 9.59 Å². The van der Waals surface area contributed by atoms with Crippen LogP contribution in [0.15, 0.2) is 6.20 Å². The molecule has 2 amide bonds. The van der Waals surface area contributed by atoms with Crippen LogP contribution < -0.4 is 5.32 Å². The van der Waals surface area contributed by atoms with Gasteiger partial charge in [0.15, 0.2) is 5.13 Å². The number of hydrogen-bond donors (Lipinski definition) is 1. The van der Waals surface area contributed by atoms with Gasteiger partial charge >= 0.3 is 0 Å². The molecule has 1 aromatic rings. The van der Waals surface area contributed by atoms with E-state index < -0.39 is 0 Å². The van der Waals surface area contributed by atoms with Crippen molar-refractivity contribution in [3.05, 3.63) is 11.1 Å². The van der Waals surface area contributed by atoms with Gasteiger partial charge in [0.25, 0.3) is 0 Å². The second kappa shape index (κ2) is 3.78. The van der Waals surface area contributed by atoms with E-state index in [0.29, 0.717) is 11.0 Å². The van der Waals surface area contributed by atoms with Crippen molar-refractivity contribution in [1.82, 2.24) is 9.88 Å². The number of thiazole rings is 1. The molecule has 0 aromatic carbocycles. The molecule has 0 spiro atoms. The summed E-state index contributed by atoms with van der Waals surface area (Å²) in [5.74, 6) is 0.546. The first-order valence-corrected chi connectivity index (χ1v) is 6.81. The summed E-state index contributed by atoms with van der Waals surface area (Å²) in [5, 5.41) is 3.30. The third-order valence-corrected chi connectivity index (χ3v) is 4.53. The van der Waals surface area contributed by atoms with Gasteiger partial charge in [-0.1, -0.05) is 0 Å². The molecule has 3 rings (SSSR count). The molecule has 0 aliphatic heterocycles. The van der Waals surface area contributed by atoms with Gasteiger partial charge in [0, 0.05) is 18.1 Å². The molecular weight excluding hydrogens is 250 g/mol. The Bertz CT molecular complexity index is 519. The lowest BCUT2D eigenvalue weighted by molar-refractivity contribution is -0.136. The summed E-state index contributed by atoms with van der Waals surface area (Å²) >= 11 is 1.43. The zero-order chi connectivity index (χ0) is 12.9. The number of likely N-dealkylation sites (N-methyl/N-ethyl adjacent to an activating group) is 1. The molecule has 1 heterocycles. The number of anilines is 1. The SMILES string of the molecule is Cc1cnc(NC(=O)CN(C)C(=O)C23CC2C3)s1. The average Bonchev–Trinajstić information content (AvgIpc) is 3.10. The van der Waals surface area contributed by atoms with Gasteiger partial charge in [0.2, 0.25) is 11.8 Å². The lowest BCUT2D eigenvalue weighted by atomic mass is 10.2. The van der Waals surface area contributed by atoms with Crippen LogP contribution in [0.25, 0.3) is 0 Å². The summed E-state index contributed by atoms with van der Waals surface area (Å²) in [6.07, 6.45) is 3.75. The lowest BCUT2D eigenvalue weighted by Gasteiger charge is -2.17. The van der Waals surface area contributed by atoms with E-state index in [1.807, 2.05) is 6.92 Å². The van der Waals surface area contributed by atoms with Crippen molar-refractivity contribution >= 4 is 28.3 Å². The second-order valence-electron chi connectivity index (χ2n) is 5.25. The molecule has 2 saturated carbocycles. The van der Waals surface area contributed by atoms with Gasteiger partial charge in [-0.2, -0.15) is 0 Å². The highest BCUT2D eigenvalue weighted by molar-refractivity contribution is 7.15. The summed E-state index contributed by atoms with van der Waals surface area (Å²) in [6.45, 7) is 2.04. The fourth-order valence-electron chi connectivity index (χ4n) is 2.29. The number of carbonyl (C=O) groups is 2. The lowest BCUT2D eigenvalue weighted by Crippen LogP contribution is -2.37. The smallest absolute Gasteiger partial charge is 0.245 e. The monoisotopic (exact) mass is 265 g/mol. The molecule has 1 N–H and O–H groups in total. The minimum absolute atomic E-state index is 0.0627. The van der Waals surface area contributed by atoms with E-state index in [2.05, 4.69) is 10.3 Å². The van der Waals surface area contributed by atoms with Gasteiger partial charge < -0.3 is 10.2 Å². The highest BCUT2D eigenvalue weighted by Crippen LogP contribution is 2.75. The third-order valence-electron chi connectivity index (χ3n) is 3.70. The summed E-state index contributed by atoms with van der Waals surface area (Å²) in [7, 11) is 1.69. The zero-order valence-corrected chi connectivity index (χ0v) is 11.2. The number of hydrogen-bond acceptors (Lipinski definition) is 4. The molecule has 6 heteroatoms. The molecule has 2 fully saturated rings. The molecule has 2 aliphatic rings. The van der Waals surface area contributed by atoms with Gasteiger partial charge in [-0.25, -0.2) is 4.98 Å². The summed E-state index contributed by atoms with van der Waals surface area (Å²) < 4.78 is 0. The minimum Gasteiger partial charge on any atom is -0.336 e. The number of fused-ring (bicyclic) bond motifs is 1. The van der Waals surface area contributed by atoms with Crippen molar-refractivity contribution in [2.75, 3.05) is 18.9 Å². The van der Waals surface area contributed by atoms with Crippen molar-refractivity contribution < 1.29 is 9.59 Å². The zero-order valence-electron chi connectivity index (χ0n) is 10.4. The van der Waals surface area contributed by atoms with Gasteiger partial charge in [0.05, 0.1) is 12.0 Å². The Hall–Kier alpha value is -1.43. The molecule has 5 nitrogen and oxygen atoms in total. The summed E-state index contributed by atoms with van der Waals surface area (Å²) in [4.78, 5) is 30.4. The standard InChI is InChI=1S/C12H15N3O2S/c1-7-5-13-11(18-7)14-9(16)6-15(2)10(17)12-3-8(12)4-12/h5,8H,3-4,6H2,1-2H3,(H,13,14,16). The van der Waals surface area contributed by atoms with Crippen LogP contribution in [0.1, 0.15) is 17.7 Å². The fourth-order valence-corrected chi connectivity index (χ4v) is 2.97. The first kappa shape index (κ1) is 11.6. The fraction of sp³-hybridized carbons (Fsp3) is 0.583. The second-order valence-corrected chi connectivity index (χ2v) is 6.48. The molecule has 2 aliphatic carbocycles. The number of aryl methyl sites for hydroxylation is 1. The minimum atomic E-state index is -0.186. The van der Waals surface area contributed by atoms with Gasteiger partial charge in [-0.15, -0.1) is 11.3 Å². The third kappa shape index (κ3) is 1.90. The maximum absolute atomic E-state index is 12.0. The first-order valence-electron chi connectivity index (χ1n) is 5.99. The maximum Gasteiger partial charge on any atom is 0.245 e. The molecular formula is C12H15N3O2S. The first-order chi connectivity index (χ1) is 8.51.